The second-order valence-corrected chi connectivity index (χ2v) is 5.93. The molecule has 0 aliphatic rings. The number of carbonyl (C=O) groups is 2. The first-order chi connectivity index (χ1) is 9.94. The normalized spacial score (nSPS) is 14.8. The van der Waals surface area contributed by atoms with Crippen LogP contribution in [0.1, 0.15) is 34.6 Å². The van der Waals surface area contributed by atoms with Gasteiger partial charge in [-0.1, -0.05) is 27.7 Å². The van der Waals surface area contributed by atoms with Crippen LogP contribution in [0.4, 0.5) is 13.2 Å². The highest BCUT2D eigenvalue weighted by molar-refractivity contribution is 5.82. The van der Waals surface area contributed by atoms with Crippen molar-refractivity contribution in [1.82, 2.24) is 10.6 Å². The van der Waals surface area contributed by atoms with E-state index in [4.69, 9.17) is 4.74 Å². The van der Waals surface area contributed by atoms with Crippen LogP contribution in [0.5, 0.6) is 0 Å². The number of hydrogen-bond donors (Lipinski definition) is 2. The number of amides is 1. The summed E-state index contributed by atoms with van der Waals surface area (Å²) >= 11 is 0. The Bertz CT molecular complexity index is 371. The highest BCUT2D eigenvalue weighted by Gasteiger charge is 2.32. The van der Waals surface area contributed by atoms with Crippen LogP contribution >= 0.6 is 0 Å². The van der Waals surface area contributed by atoms with E-state index in [1.807, 2.05) is 20.8 Å². The van der Waals surface area contributed by atoms with Gasteiger partial charge in [-0.05, 0) is 18.8 Å². The van der Waals surface area contributed by atoms with Crippen molar-refractivity contribution < 1.29 is 27.5 Å². The lowest BCUT2D eigenvalue weighted by Crippen LogP contribution is -2.47. The van der Waals surface area contributed by atoms with E-state index in [2.05, 4.69) is 10.6 Å². The predicted octanol–water partition coefficient (Wildman–Crippen LogP) is 1.87. The van der Waals surface area contributed by atoms with E-state index in [0.29, 0.717) is 0 Å². The summed E-state index contributed by atoms with van der Waals surface area (Å²) in [6, 6.07) is -1.20. The second-order valence-electron chi connectivity index (χ2n) is 5.93. The summed E-state index contributed by atoms with van der Waals surface area (Å²) in [6.45, 7) is 7.05. The van der Waals surface area contributed by atoms with Crippen molar-refractivity contribution in [3.63, 3.8) is 0 Å². The first-order valence-corrected chi connectivity index (χ1v) is 7.20. The van der Waals surface area contributed by atoms with Crippen LogP contribution in [0, 0.1) is 11.8 Å². The topological polar surface area (TPSA) is 67.4 Å². The van der Waals surface area contributed by atoms with Crippen LogP contribution < -0.4 is 10.6 Å². The van der Waals surface area contributed by atoms with Crippen molar-refractivity contribution in [2.75, 3.05) is 13.2 Å². The third-order valence-electron chi connectivity index (χ3n) is 3.18. The summed E-state index contributed by atoms with van der Waals surface area (Å²) in [5.41, 5.74) is 0. The largest absolute Gasteiger partial charge is 0.454 e. The van der Waals surface area contributed by atoms with Crippen molar-refractivity contribution in [1.29, 1.82) is 0 Å². The highest BCUT2D eigenvalue weighted by Crippen LogP contribution is 2.14. The van der Waals surface area contributed by atoms with Gasteiger partial charge in [-0.3, -0.25) is 14.9 Å². The van der Waals surface area contributed by atoms with Gasteiger partial charge in [-0.25, -0.2) is 0 Å². The van der Waals surface area contributed by atoms with Gasteiger partial charge in [0.2, 0.25) is 0 Å². The molecule has 2 N–H and O–H groups in total. The number of nitrogens with one attached hydrogen (secondary N) is 2. The molecule has 2 atom stereocenters. The molecule has 130 valence electrons. The van der Waals surface area contributed by atoms with Gasteiger partial charge in [0, 0.05) is 6.04 Å². The van der Waals surface area contributed by atoms with E-state index in [9.17, 15) is 22.8 Å². The van der Waals surface area contributed by atoms with Crippen LogP contribution in [0.2, 0.25) is 0 Å². The van der Waals surface area contributed by atoms with Crippen LogP contribution in [-0.4, -0.2) is 43.3 Å². The lowest BCUT2D eigenvalue weighted by atomic mass is 10.0. The van der Waals surface area contributed by atoms with Gasteiger partial charge >= 0.3 is 12.1 Å². The number of halogens is 3. The van der Waals surface area contributed by atoms with Gasteiger partial charge in [-0.15, -0.1) is 0 Å². The minimum atomic E-state index is -4.42. The molecule has 5 nitrogen and oxygen atoms in total. The molecule has 0 saturated heterocycles. The van der Waals surface area contributed by atoms with Crippen molar-refractivity contribution in [2.45, 2.75) is 52.9 Å². The van der Waals surface area contributed by atoms with E-state index in [0.717, 1.165) is 0 Å². The molecule has 0 aromatic rings. The molecule has 0 radical (unpaired) electrons. The first-order valence-electron chi connectivity index (χ1n) is 7.20. The fourth-order valence-electron chi connectivity index (χ4n) is 1.51. The third kappa shape index (κ3) is 8.86. The highest BCUT2D eigenvalue weighted by atomic mass is 19.4. The molecule has 0 aliphatic carbocycles. The van der Waals surface area contributed by atoms with Crippen LogP contribution in [-0.2, 0) is 14.3 Å². The SMILES string of the molecule is CC(C)C(C)NC(=O)COC(=O)C(NCC(F)(F)F)C(C)C. The summed E-state index contributed by atoms with van der Waals surface area (Å²) in [4.78, 5) is 23.4. The lowest BCUT2D eigenvalue weighted by molar-refractivity contribution is -0.154. The van der Waals surface area contributed by atoms with Crippen molar-refractivity contribution in [3.05, 3.63) is 0 Å². The molecule has 0 rings (SSSR count). The zero-order chi connectivity index (χ0) is 17.5. The summed E-state index contributed by atoms with van der Waals surface area (Å²) in [7, 11) is 0. The molecule has 1 amide bonds. The van der Waals surface area contributed by atoms with Gasteiger partial charge in [0.1, 0.15) is 6.04 Å². The Morgan fingerprint density at radius 3 is 2.00 bits per heavy atom. The monoisotopic (exact) mass is 326 g/mol. The number of hydrogen-bond acceptors (Lipinski definition) is 4. The maximum absolute atomic E-state index is 12.2. The summed E-state index contributed by atoms with van der Waals surface area (Å²) in [5.74, 6) is -1.52. The standard InChI is InChI=1S/C14H25F3N2O3/c1-8(2)10(5)19-11(20)6-22-13(21)12(9(3)4)18-7-14(15,16)17/h8-10,12,18H,6-7H2,1-5H3,(H,19,20). The van der Waals surface area contributed by atoms with Gasteiger partial charge < -0.3 is 10.1 Å². The zero-order valence-electron chi connectivity index (χ0n) is 13.6. The molecule has 0 fully saturated rings. The number of ether oxygens (including phenoxy) is 1. The maximum Gasteiger partial charge on any atom is 0.401 e. The number of esters is 1. The molecular weight excluding hydrogens is 301 g/mol. The number of alkyl halides is 3. The Morgan fingerprint density at radius 2 is 1.59 bits per heavy atom. The minimum absolute atomic E-state index is 0.0875. The van der Waals surface area contributed by atoms with Crippen molar-refractivity contribution >= 4 is 11.9 Å². The molecule has 8 heteroatoms. The fourth-order valence-corrected chi connectivity index (χ4v) is 1.51. The van der Waals surface area contributed by atoms with E-state index in [1.165, 1.54) is 0 Å². The van der Waals surface area contributed by atoms with Crippen molar-refractivity contribution in [3.8, 4) is 0 Å². The Kier molecular flexibility index (Phi) is 8.44. The molecule has 22 heavy (non-hydrogen) atoms. The minimum Gasteiger partial charge on any atom is -0.454 e. The molecule has 0 aromatic heterocycles. The van der Waals surface area contributed by atoms with Gasteiger partial charge in [0.15, 0.2) is 6.61 Å². The fraction of sp³-hybridized carbons (Fsp3) is 0.857. The average molecular weight is 326 g/mol. The quantitative estimate of drug-likeness (QED) is 0.668. The average Bonchev–Trinajstić information content (AvgIpc) is 2.34. The molecule has 0 aromatic carbocycles. The van der Waals surface area contributed by atoms with E-state index in [-0.39, 0.29) is 12.0 Å². The van der Waals surface area contributed by atoms with Crippen LogP contribution in [0.25, 0.3) is 0 Å². The van der Waals surface area contributed by atoms with E-state index in [1.54, 1.807) is 13.8 Å². The third-order valence-corrected chi connectivity index (χ3v) is 3.18. The molecule has 0 heterocycles. The van der Waals surface area contributed by atoms with Crippen molar-refractivity contribution in [2.24, 2.45) is 11.8 Å². The summed E-state index contributed by atoms with van der Waals surface area (Å²) < 4.78 is 41.4. The summed E-state index contributed by atoms with van der Waals surface area (Å²) in [6.07, 6.45) is -4.42. The smallest absolute Gasteiger partial charge is 0.401 e. The molecule has 0 saturated carbocycles. The Hall–Kier alpha value is -1.31. The Labute approximate surface area is 129 Å². The number of carbonyl (C=O) groups excluding carboxylic acids is 2. The van der Waals surface area contributed by atoms with Gasteiger partial charge in [0.05, 0.1) is 6.54 Å². The Morgan fingerprint density at radius 1 is 1.05 bits per heavy atom. The van der Waals surface area contributed by atoms with Crippen LogP contribution in [0.3, 0.4) is 0 Å². The van der Waals surface area contributed by atoms with Crippen LogP contribution in [0.15, 0.2) is 0 Å². The maximum atomic E-state index is 12.2. The van der Waals surface area contributed by atoms with Gasteiger partial charge in [0.25, 0.3) is 5.91 Å². The molecule has 0 spiro atoms. The van der Waals surface area contributed by atoms with Gasteiger partial charge in [-0.2, -0.15) is 13.2 Å². The molecule has 0 aliphatic heterocycles. The molecular formula is C14H25F3N2O3. The second kappa shape index (κ2) is 8.97. The summed E-state index contributed by atoms with van der Waals surface area (Å²) in [5, 5.41) is 4.75. The van der Waals surface area contributed by atoms with E-state index >= 15 is 0 Å². The number of rotatable bonds is 8. The van der Waals surface area contributed by atoms with E-state index < -0.39 is 43.2 Å². The molecule has 2 unspecified atom stereocenters. The first kappa shape index (κ1) is 20.7. The predicted molar refractivity (Wildman–Crippen MR) is 76.1 cm³/mol. The zero-order valence-corrected chi connectivity index (χ0v) is 13.6. The lowest BCUT2D eigenvalue weighted by Gasteiger charge is -2.22. The molecule has 0 bridgehead atoms. The Balaban J connectivity index is 4.38.